The average molecular weight is 347 g/mol. The van der Waals surface area contributed by atoms with E-state index in [-0.39, 0.29) is 18.0 Å². The number of carbonyl (C=O) groups excluding carboxylic acids is 1. The molecule has 0 N–H and O–H groups in total. The molecule has 0 saturated carbocycles. The monoisotopic (exact) mass is 346 g/mol. The summed E-state index contributed by atoms with van der Waals surface area (Å²) in [6.07, 6.45) is 3.64. The van der Waals surface area contributed by atoms with Crippen molar-refractivity contribution in [2.24, 2.45) is 0 Å². The normalized spacial score (nSPS) is 17.0. The van der Waals surface area contributed by atoms with Crippen molar-refractivity contribution in [1.29, 1.82) is 0 Å². The van der Waals surface area contributed by atoms with Gasteiger partial charge in [0.2, 0.25) is 0 Å². The van der Waals surface area contributed by atoms with Crippen LogP contribution in [0.5, 0.6) is 6.01 Å². The smallest absolute Gasteiger partial charge is 0.316 e. The first-order chi connectivity index (χ1) is 11.5. The molecule has 1 aliphatic heterocycles. The minimum atomic E-state index is -0.104. The van der Waals surface area contributed by atoms with Crippen LogP contribution < -0.4 is 9.64 Å². The van der Waals surface area contributed by atoms with Crippen LogP contribution in [0.3, 0.4) is 0 Å². The fourth-order valence-electron chi connectivity index (χ4n) is 2.62. The molecule has 6 nitrogen and oxygen atoms in total. The van der Waals surface area contributed by atoms with Gasteiger partial charge in [0, 0.05) is 38.3 Å². The Labute approximate surface area is 146 Å². The van der Waals surface area contributed by atoms with Crippen LogP contribution in [0.2, 0.25) is 5.02 Å². The molecule has 1 aromatic carbocycles. The molecule has 1 atom stereocenters. The molecular weight excluding hydrogens is 328 g/mol. The van der Waals surface area contributed by atoms with E-state index in [1.807, 2.05) is 43.3 Å². The third kappa shape index (κ3) is 3.76. The standard InChI is InChI=1S/C17H19ClN4O2/c1-21(2)14-5-3-4-12(8-14)16(23)22-7-6-15(11-22)24-17-19-9-13(18)10-20-17/h3-5,8-10,15H,6-7,11H2,1-2H3. The number of ether oxygens (including phenoxy) is 1. The van der Waals surface area contributed by atoms with Crippen molar-refractivity contribution in [2.75, 3.05) is 32.1 Å². The first-order valence-corrected chi connectivity index (χ1v) is 8.11. The van der Waals surface area contributed by atoms with E-state index in [1.54, 1.807) is 4.90 Å². The minimum Gasteiger partial charge on any atom is -0.458 e. The molecular formula is C17H19ClN4O2. The molecule has 1 unspecified atom stereocenters. The van der Waals surface area contributed by atoms with E-state index in [4.69, 9.17) is 16.3 Å². The van der Waals surface area contributed by atoms with Crippen LogP contribution in [0, 0.1) is 0 Å². The van der Waals surface area contributed by atoms with Crippen molar-refractivity contribution in [3.8, 4) is 6.01 Å². The first kappa shape index (κ1) is 16.5. The van der Waals surface area contributed by atoms with Crippen molar-refractivity contribution < 1.29 is 9.53 Å². The second-order valence-electron chi connectivity index (χ2n) is 5.91. The number of anilines is 1. The Bertz CT molecular complexity index is 721. The zero-order valence-electron chi connectivity index (χ0n) is 13.6. The highest BCUT2D eigenvalue weighted by atomic mass is 35.5. The molecule has 0 spiro atoms. The number of likely N-dealkylation sites (tertiary alicyclic amines) is 1. The average Bonchev–Trinajstić information content (AvgIpc) is 3.05. The van der Waals surface area contributed by atoms with Crippen molar-refractivity contribution in [1.82, 2.24) is 14.9 Å². The van der Waals surface area contributed by atoms with Gasteiger partial charge >= 0.3 is 6.01 Å². The van der Waals surface area contributed by atoms with Crippen LogP contribution in [-0.4, -0.2) is 54.1 Å². The van der Waals surface area contributed by atoms with Gasteiger partial charge in [0.15, 0.2) is 0 Å². The molecule has 3 rings (SSSR count). The largest absolute Gasteiger partial charge is 0.458 e. The fraction of sp³-hybridized carbons (Fsp3) is 0.353. The highest BCUT2D eigenvalue weighted by Crippen LogP contribution is 2.20. The second kappa shape index (κ2) is 7.05. The van der Waals surface area contributed by atoms with E-state index >= 15 is 0 Å². The van der Waals surface area contributed by atoms with Gasteiger partial charge in [-0.25, -0.2) is 9.97 Å². The number of hydrogen-bond acceptors (Lipinski definition) is 5. The maximum atomic E-state index is 12.7. The molecule has 1 aromatic heterocycles. The molecule has 2 aromatic rings. The van der Waals surface area contributed by atoms with Gasteiger partial charge in [-0.3, -0.25) is 4.79 Å². The number of nitrogens with zero attached hydrogens (tertiary/aromatic N) is 4. The molecule has 1 amide bonds. The van der Waals surface area contributed by atoms with Crippen LogP contribution in [0.15, 0.2) is 36.7 Å². The number of hydrogen-bond donors (Lipinski definition) is 0. The zero-order chi connectivity index (χ0) is 17.1. The molecule has 1 saturated heterocycles. The Kier molecular flexibility index (Phi) is 4.85. The fourth-order valence-corrected chi connectivity index (χ4v) is 2.72. The lowest BCUT2D eigenvalue weighted by Gasteiger charge is -2.18. The Hall–Kier alpha value is -2.34. The van der Waals surface area contributed by atoms with Crippen LogP contribution in [-0.2, 0) is 0 Å². The summed E-state index contributed by atoms with van der Waals surface area (Å²) in [6.45, 7) is 1.18. The molecule has 24 heavy (non-hydrogen) atoms. The number of carbonyl (C=O) groups is 1. The number of benzene rings is 1. The lowest BCUT2D eigenvalue weighted by Crippen LogP contribution is -2.31. The van der Waals surface area contributed by atoms with E-state index < -0.39 is 0 Å². The van der Waals surface area contributed by atoms with Crippen molar-refractivity contribution in [3.05, 3.63) is 47.2 Å². The quantitative estimate of drug-likeness (QED) is 0.851. The van der Waals surface area contributed by atoms with Crippen LogP contribution in [0.4, 0.5) is 5.69 Å². The third-order valence-electron chi connectivity index (χ3n) is 3.91. The minimum absolute atomic E-state index is 0.0156. The molecule has 126 valence electrons. The number of rotatable bonds is 4. The molecule has 0 radical (unpaired) electrons. The van der Waals surface area contributed by atoms with Crippen molar-refractivity contribution in [3.63, 3.8) is 0 Å². The third-order valence-corrected chi connectivity index (χ3v) is 4.11. The van der Waals surface area contributed by atoms with Crippen LogP contribution >= 0.6 is 11.6 Å². The highest BCUT2D eigenvalue weighted by molar-refractivity contribution is 6.30. The maximum absolute atomic E-state index is 12.7. The molecule has 7 heteroatoms. The number of amides is 1. The summed E-state index contributed by atoms with van der Waals surface area (Å²) in [5.41, 5.74) is 1.69. The van der Waals surface area contributed by atoms with Crippen LogP contribution in [0.25, 0.3) is 0 Å². The Morgan fingerprint density at radius 1 is 1.33 bits per heavy atom. The van der Waals surface area contributed by atoms with E-state index in [0.29, 0.717) is 23.7 Å². The predicted molar refractivity (Wildman–Crippen MR) is 92.7 cm³/mol. The van der Waals surface area contributed by atoms with Gasteiger partial charge in [-0.15, -0.1) is 0 Å². The summed E-state index contributed by atoms with van der Waals surface area (Å²) in [5, 5.41) is 0.464. The van der Waals surface area contributed by atoms with Crippen molar-refractivity contribution in [2.45, 2.75) is 12.5 Å². The van der Waals surface area contributed by atoms with E-state index in [1.165, 1.54) is 12.4 Å². The molecule has 1 fully saturated rings. The summed E-state index contributed by atoms with van der Waals surface area (Å²) >= 11 is 5.76. The van der Waals surface area contributed by atoms with Gasteiger partial charge < -0.3 is 14.5 Å². The molecule has 0 aliphatic carbocycles. The van der Waals surface area contributed by atoms with Gasteiger partial charge in [0.25, 0.3) is 5.91 Å². The highest BCUT2D eigenvalue weighted by Gasteiger charge is 2.29. The lowest BCUT2D eigenvalue weighted by molar-refractivity contribution is 0.0769. The molecule has 0 bridgehead atoms. The van der Waals surface area contributed by atoms with E-state index in [2.05, 4.69) is 9.97 Å². The summed E-state index contributed by atoms with van der Waals surface area (Å²) in [5.74, 6) is 0.0156. The second-order valence-corrected chi connectivity index (χ2v) is 6.34. The summed E-state index contributed by atoms with van der Waals surface area (Å²) in [4.78, 5) is 24.5. The van der Waals surface area contributed by atoms with Crippen LogP contribution in [0.1, 0.15) is 16.8 Å². The molecule has 2 heterocycles. The zero-order valence-corrected chi connectivity index (χ0v) is 14.4. The Balaban J connectivity index is 1.63. The first-order valence-electron chi connectivity index (χ1n) is 7.74. The van der Waals surface area contributed by atoms with Gasteiger partial charge in [0.05, 0.1) is 24.0 Å². The summed E-state index contributed by atoms with van der Waals surface area (Å²) in [7, 11) is 3.91. The van der Waals surface area contributed by atoms with E-state index in [9.17, 15) is 4.79 Å². The molecule has 1 aliphatic rings. The topological polar surface area (TPSA) is 58.6 Å². The summed E-state index contributed by atoms with van der Waals surface area (Å²) < 4.78 is 5.73. The van der Waals surface area contributed by atoms with Crippen molar-refractivity contribution >= 4 is 23.2 Å². The van der Waals surface area contributed by atoms with Gasteiger partial charge in [-0.2, -0.15) is 0 Å². The lowest BCUT2D eigenvalue weighted by atomic mass is 10.1. The number of aromatic nitrogens is 2. The van der Waals surface area contributed by atoms with Gasteiger partial charge in [-0.1, -0.05) is 17.7 Å². The Morgan fingerprint density at radius 2 is 2.08 bits per heavy atom. The Morgan fingerprint density at radius 3 is 2.79 bits per heavy atom. The van der Waals surface area contributed by atoms with Gasteiger partial charge in [-0.05, 0) is 18.2 Å². The maximum Gasteiger partial charge on any atom is 0.316 e. The summed E-state index contributed by atoms with van der Waals surface area (Å²) in [6, 6.07) is 7.90. The van der Waals surface area contributed by atoms with E-state index in [0.717, 1.165) is 12.1 Å². The number of halogens is 1. The van der Waals surface area contributed by atoms with Gasteiger partial charge in [0.1, 0.15) is 6.10 Å². The predicted octanol–water partition coefficient (Wildman–Crippen LogP) is 2.49. The SMILES string of the molecule is CN(C)c1cccc(C(=O)N2CCC(Oc3ncc(Cl)cn3)C2)c1.